The number of benzene rings is 2. The van der Waals surface area contributed by atoms with Crippen LogP contribution in [0.5, 0.6) is 5.75 Å². The largest absolute Gasteiger partial charge is 0.487 e. The van der Waals surface area contributed by atoms with E-state index in [4.69, 9.17) is 33.2 Å². The summed E-state index contributed by atoms with van der Waals surface area (Å²) in [5.41, 5.74) is 2.41. The highest BCUT2D eigenvalue weighted by Gasteiger charge is 2.06. The zero-order chi connectivity index (χ0) is 13.8. The molecular weight excluding hydrogens is 281 g/mol. The first-order valence-corrected chi connectivity index (χ1v) is 6.43. The molecule has 0 radical (unpaired) electrons. The molecule has 0 unspecified atom stereocenters. The van der Waals surface area contributed by atoms with Crippen LogP contribution < -0.4 is 4.74 Å². The van der Waals surface area contributed by atoms with E-state index in [1.165, 1.54) is 0 Å². The third kappa shape index (κ3) is 3.41. The molecule has 2 aromatic rings. The van der Waals surface area contributed by atoms with Crippen LogP contribution in [0.4, 0.5) is 0 Å². The molecule has 0 atom stereocenters. The molecular formula is C15H11Cl2NO. The minimum atomic E-state index is 0.300. The fourth-order valence-electron chi connectivity index (χ4n) is 1.63. The highest BCUT2D eigenvalue weighted by molar-refractivity contribution is 6.31. The summed E-state index contributed by atoms with van der Waals surface area (Å²) in [7, 11) is 0. The molecule has 19 heavy (non-hydrogen) atoms. The zero-order valence-corrected chi connectivity index (χ0v) is 11.8. The van der Waals surface area contributed by atoms with Crippen LogP contribution in [0.2, 0.25) is 10.0 Å². The lowest BCUT2D eigenvalue weighted by Gasteiger charge is -2.10. The van der Waals surface area contributed by atoms with E-state index in [1.807, 2.05) is 25.1 Å². The maximum atomic E-state index is 9.00. The van der Waals surface area contributed by atoms with Gasteiger partial charge in [0.2, 0.25) is 0 Å². The average Bonchev–Trinajstić information content (AvgIpc) is 2.38. The molecule has 4 heteroatoms. The number of rotatable bonds is 3. The van der Waals surface area contributed by atoms with Crippen molar-refractivity contribution >= 4 is 23.2 Å². The van der Waals surface area contributed by atoms with Crippen LogP contribution in [0.1, 0.15) is 16.7 Å². The Morgan fingerprint density at radius 2 is 1.95 bits per heavy atom. The van der Waals surface area contributed by atoms with E-state index in [1.54, 1.807) is 18.2 Å². The van der Waals surface area contributed by atoms with E-state index in [2.05, 4.69) is 6.07 Å². The van der Waals surface area contributed by atoms with Gasteiger partial charge in [0.05, 0.1) is 5.56 Å². The summed E-state index contributed by atoms with van der Waals surface area (Å²) in [6.45, 7) is 2.27. The van der Waals surface area contributed by atoms with Gasteiger partial charge in [-0.2, -0.15) is 5.26 Å². The van der Waals surface area contributed by atoms with E-state index < -0.39 is 0 Å². The Kier molecular flexibility index (Phi) is 4.31. The van der Waals surface area contributed by atoms with Gasteiger partial charge in [0, 0.05) is 21.7 Å². The van der Waals surface area contributed by atoms with Gasteiger partial charge in [-0.15, -0.1) is 0 Å². The van der Waals surface area contributed by atoms with Gasteiger partial charge < -0.3 is 4.74 Å². The highest BCUT2D eigenvalue weighted by atomic mass is 35.5. The van der Waals surface area contributed by atoms with Crippen LogP contribution in [0, 0.1) is 18.3 Å². The van der Waals surface area contributed by atoms with Crippen LogP contribution in [0.3, 0.4) is 0 Å². The summed E-state index contributed by atoms with van der Waals surface area (Å²) in [4.78, 5) is 0. The molecule has 96 valence electrons. The minimum Gasteiger partial charge on any atom is -0.487 e. The number of halogens is 2. The normalized spacial score (nSPS) is 10.0. The number of nitriles is 1. The Labute approximate surface area is 122 Å². The van der Waals surface area contributed by atoms with Crippen molar-refractivity contribution in [1.82, 2.24) is 0 Å². The summed E-state index contributed by atoms with van der Waals surface area (Å²) in [5.74, 6) is 0.464. The lowest BCUT2D eigenvalue weighted by atomic mass is 10.1. The van der Waals surface area contributed by atoms with Gasteiger partial charge >= 0.3 is 0 Å². The van der Waals surface area contributed by atoms with Crippen LogP contribution in [0.25, 0.3) is 0 Å². The van der Waals surface area contributed by atoms with Gasteiger partial charge in [0.1, 0.15) is 18.4 Å². The molecule has 2 aromatic carbocycles. The molecule has 0 heterocycles. The van der Waals surface area contributed by atoms with Crippen molar-refractivity contribution in [3.05, 3.63) is 63.1 Å². The predicted octanol–water partition coefficient (Wildman–Crippen LogP) is 4.75. The molecule has 0 aliphatic heterocycles. The fraction of sp³-hybridized carbons (Fsp3) is 0.133. The van der Waals surface area contributed by atoms with Gasteiger partial charge in [-0.25, -0.2) is 0 Å². The van der Waals surface area contributed by atoms with Crippen molar-refractivity contribution in [2.45, 2.75) is 13.5 Å². The van der Waals surface area contributed by atoms with Gasteiger partial charge in [-0.05, 0) is 30.7 Å². The second-order valence-electron chi connectivity index (χ2n) is 4.14. The van der Waals surface area contributed by atoms with Crippen molar-refractivity contribution < 1.29 is 4.74 Å². The quantitative estimate of drug-likeness (QED) is 0.817. The summed E-state index contributed by atoms with van der Waals surface area (Å²) < 4.78 is 5.62. The fourth-order valence-corrected chi connectivity index (χ4v) is 2.08. The third-order valence-electron chi connectivity index (χ3n) is 2.66. The lowest BCUT2D eigenvalue weighted by Crippen LogP contribution is -1.98. The Hall–Kier alpha value is -1.69. The van der Waals surface area contributed by atoms with Crippen molar-refractivity contribution in [3.63, 3.8) is 0 Å². The van der Waals surface area contributed by atoms with E-state index in [0.29, 0.717) is 28.0 Å². The predicted molar refractivity (Wildman–Crippen MR) is 76.7 cm³/mol. The number of nitrogens with zero attached hydrogens (tertiary/aromatic N) is 1. The van der Waals surface area contributed by atoms with E-state index in [0.717, 1.165) is 11.1 Å². The van der Waals surface area contributed by atoms with Crippen LogP contribution in [-0.2, 0) is 6.61 Å². The van der Waals surface area contributed by atoms with E-state index in [-0.39, 0.29) is 0 Å². The van der Waals surface area contributed by atoms with E-state index in [9.17, 15) is 0 Å². The molecule has 0 aliphatic carbocycles. The molecule has 2 nitrogen and oxygen atoms in total. The Morgan fingerprint density at radius 3 is 2.63 bits per heavy atom. The zero-order valence-electron chi connectivity index (χ0n) is 10.3. The average molecular weight is 292 g/mol. The van der Waals surface area contributed by atoms with Crippen molar-refractivity contribution in [1.29, 1.82) is 5.26 Å². The summed E-state index contributed by atoms with van der Waals surface area (Å²) >= 11 is 12.0. The van der Waals surface area contributed by atoms with Gasteiger partial charge in [-0.1, -0.05) is 35.3 Å². The summed E-state index contributed by atoms with van der Waals surface area (Å²) in [6.07, 6.45) is 0. The topological polar surface area (TPSA) is 33.0 Å². The third-order valence-corrected chi connectivity index (χ3v) is 3.24. The molecule has 0 fully saturated rings. The molecule has 0 saturated carbocycles. The number of hydrogen-bond acceptors (Lipinski definition) is 2. The minimum absolute atomic E-state index is 0.300. The number of hydrogen-bond donors (Lipinski definition) is 0. The maximum absolute atomic E-state index is 9.00. The van der Waals surface area contributed by atoms with Crippen molar-refractivity contribution in [2.24, 2.45) is 0 Å². The Morgan fingerprint density at radius 1 is 1.16 bits per heavy atom. The first kappa shape index (κ1) is 13.7. The van der Waals surface area contributed by atoms with Gasteiger partial charge in [-0.3, -0.25) is 0 Å². The molecule has 0 aliphatic rings. The van der Waals surface area contributed by atoms with Gasteiger partial charge in [0.15, 0.2) is 0 Å². The molecule has 0 bridgehead atoms. The number of aryl methyl sites for hydroxylation is 1. The highest BCUT2D eigenvalue weighted by Crippen LogP contribution is 2.25. The maximum Gasteiger partial charge on any atom is 0.139 e. The van der Waals surface area contributed by atoms with Gasteiger partial charge in [0.25, 0.3) is 0 Å². The smallest absolute Gasteiger partial charge is 0.139 e. The Balaban J connectivity index is 2.19. The second-order valence-corrected chi connectivity index (χ2v) is 4.98. The molecule has 0 N–H and O–H groups in total. The molecule has 0 amide bonds. The first-order chi connectivity index (χ1) is 9.10. The molecule has 0 saturated heterocycles. The molecule has 0 spiro atoms. The first-order valence-electron chi connectivity index (χ1n) is 5.67. The van der Waals surface area contributed by atoms with Crippen molar-refractivity contribution in [2.75, 3.05) is 0 Å². The standard InChI is InChI=1S/C15H11Cl2NO/c1-10-2-3-12(14(17)6-10)9-19-15-7-13(16)5-4-11(15)8-18/h2-7H,9H2,1H3. The van der Waals surface area contributed by atoms with Crippen molar-refractivity contribution in [3.8, 4) is 11.8 Å². The molecule has 2 rings (SSSR count). The summed E-state index contributed by atoms with van der Waals surface area (Å²) in [6, 6.07) is 12.7. The van der Waals surface area contributed by atoms with Crippen LogP contribution in [-0.4, -0.2) is 0 Å². The molecule has 0 aromatic heterocycles. The summed E-state index contributed by atoms with van der Waals surface area (Å²) in [5, 5.41) is 10.2. The SMILES string of the molecule is Cc1ccc(COc2cc(Cl)ccc2C#N)c(Cl)c1. The van der Waals surface area contributed by atoms with Crippen LogP contribution in [0.15, 0.2) is 36.4 Å². The van der Waals surface area contributed by atoms with Crippen LogP contribution >= 0.6 is 23.2 Å². The lowest BCUT2D eigenvalue weighted by molar-refractivity contribution is 0.305. The second kappa shape index (κ2) is 5.97. The Bertz CT molecular complexity index is 647. The monoisotopic (exact) mass is 291 g/mol. The van der Waals surface area contributed by atoms with E-state index >= 15 is 0 Å². The number of ether oxygens (including phenoxy) is 1.